The van der Waals surface area contributed by atoms with Crippen LogP contribution in [0.5, 0.6) is 0 Å². The Kier molecular flexibility index (Phi) is 6.06. The predicted octanol–water partition coefficient (Wildman–Crippen LogP) is 5.39. The van der Waals surface area contributed by atoms with Gasteiger partial charge in [0.2, 0.25) is 5.95 Å². The highest BCUT2D eigenvalue weighted by atomic mass is 35.5. The summed E-state index contributed by atoms with van der Waals surface area (Å²) < 4.78 is 28.1. The molecule has 1 atom stereocenters. The van der Waals surface area contributed by atoms with E-state index >= 15 is 0 Å². The van der Waals surface area contributed by atoms with Gasteiger partial charge in [0.15, 0.2) is 0 Å². The highest BCUT2D eigenvalue weighted by Gasteiger charge is 2.28. The molecule has 2 aliphatic rings. The molecule has 8 heteroatoms. The Balaban J connectivity index is 1.47. The maximum atomic E-state index is 14.3. The number of nitrogens with zero attached hydrogens (tertiary/aromatic N) is 5. The van der Waals surface area contributed by atoms with Gasteiger partial charge in [0.1, 0.15) is 17.5 Å². The number of rotatable bonds is 4. The van der Waals surface area contributed by atoms with Gasteiger partial charge < -0.3 is 14.7 Å². The molecule has 3 aromatic rings. The summed E-state index contributed by atoms with van der Waals surface area (Å²) in [4.78, 5) is 16.2. The zero-order chi connectivity index (χ0) is 22.9. The molecule has 0 radical (unpaired) electrons. The summed E-state index contributed by atoms with van der Waals surface area (Å²) in [7, 11) is 0. The Hall–Kier alpha value is -2.93. The lowest BCUT2D eigenvalue weighted by Gasteiger charge is -2.42. The summed E-state index contributed by atoms with van der Waals surface area (Å²) >= 11 is 6.05. The lowest BCUT2D eigenvalue weighted by molar-refractivity contribution is 0.533. The van der Waals surface area contributed by atoms with Crippen LogP contribution in [0, 0.1) is 11.6 Å². The minimum Gasteiger partial charge on any atom is -0.365 e. The first kappa shape index (κ1) is 21.9. The van der Waals surface area contributed by atoms with Crippen molar-refractivity contribution in [3.8, 4) is 11.3 Å². The van der Waals surface area contributed by atoms with E-state index in [-0.39, 0.29) is 16.9 Å². The Bertz CT molecular complexity index is 1150. The van der Waals surface area contributed by atoms with Gasteiger partial charge in [-0.25, -0.2) is 13.8 Å². The van der Waals surface area contributed by atoms with Gasteiger partial charge in [-0.2, -0.15) is 4.98 Å². The second-order valence-electron chi connectivity index (χ2n) is 8.67. The van der Waals surface area contributed by atoms with Crippen molar-refractivity contribution in [1.82, 2.24) is 9.97 Å². The lowest BCUT2D eigenvalue weighted by atomic mass is 10.1. The second kappa shape index (κ2) is 9.14. The molecule has 0 spiro atoms. The number of hydrogen-bond donors (Lipinski definition) is 0. The highest BCUT2D eigenvalue weighted by molar-refractivity contribution is 6.31. The van der Waals surface area contributed by atoms with Crippen molar-refractivity contribution >= 4 is 29.1 Å². The van der Waals surface area contributed by atoms with Crippen molar-refractivity contribution in [2.45, 2.75) is 25.8 Å². The SMILES string of the molecule is C[C@@H]1CN(c2ccccc2F)CCN1c1cc(-c2ccc(F)c(Cl)c2)nc(N2CCCC2)n1. The number of aromatic nitrogens is 2. The number of piperazine rings is 1. The van der Waals surface area contributed by atoms with E-state index in [0.717, 1.165) is 37.3 Å². The van der Waals surface area contributed by atoms with Gasteiger partial charge >= 0.3 is 0 Å². The first-order chi connectivity index (χ1) is 16.0. The molecule has 0 N–H and O–H groups in total. The van der Waals surface area contributed by atoms with E-state index in [4.69, 9.17) is 21.6 Å². The van der Waals surface area contributed by atoms with Gasteiger partial charge in [0.25, 0.3) is 0 Å². The summed E-state index contributed by atoms with van der Waals surface area (Å²) in [6, 6.07) is 13.6. The maximum absolute atomic E-state index is 14.3. The van der Waals surface area contributed by atoms with Crippen molar-refractivity contribution in [1.29, 1.82) is 0 Å². The normalized spacial score (nSPS) is 18.8. The van der Waals surface area contributed by atoms with E-state index in [1.165, 1.54) is 12.1 Å². The molecule has 172 valence electrons. The summed E-state index contributed by atoms with van der Waals surface area (Å²) in [5, 5.41) is 0.0715. The van der Waals surface area contributed by atoms with Crippen LogP contribution in [0.4, 0.5) is 26.2 Å². The Morgan fingerprint density at radius 2 is 1.67 bits per heavy atom. The molecule has 2 fully saturated rings. The average molecular weight is 470 g/mol. The third kappa shape index (κ3) is 4.47. The molecule has 0 saturated carbocycles. The quantitative estimate of drug-likeness (QED) is 0.512. The fourth-order valence-electron chi connectivity index (χ4n) is 4.66. The minimum absolute atomic E-state index is 0.0715. The average Bonchev–Trinajstić information content (AvgIpc) is 3.36. The van der Waals surface area contributed by atoms with E-state index in [0.29, 0.717) is 37.0 Å². The molecular formula is C25H26ClF2N5. The molecular weight excluding hydrogens is 444 g/mol. The van der Waals surface area contributed by atoms with Crippen LogP contribution in [0.2, 0.25) is 5.02 Å². The zero-order valence-electron chi connectivity index (χ0n) is 18.5. The smallest absolute Gasteiger partial charge is 0.227 e. The maximum Gasteiger partial charge on any atom is 0.227 e. The van der Waals surface area contributed by atoms with E-state index in [1.54, 1.807) is 18.2 Å². The molecule has 1 aromatic heterocycles. The van der Waals surface area contributed by atoms with Crippen molar-refractivity contribution in [3.63, 3.8) is 0 Å². The number of hydrogen-bond acceptors (Lipinski definition) is 5. The predicted molar refractivity (Wildman–Crippen MR) is 129 cm³/mol. The van der Waals surface area contributed by atoms with Gasteiger partial charge in [0.05, 0.1) is 16.4 Å². The number of para-hydroxylation sites is 1. The van der Waals surface area contributed by atoms with Crippen molar-refractivity contribution < 1.29 is 8.78 Å². The van der Waals surface area contributed by atoms with Crippen molar-refractivity contribution in [2.24, 2.45) is 0 Å². The Labute approximate surface area is 197 Å². The van der Waals surface area contributed by atoms with Crippen LogP contribution in [0.15, 0.2) is 48.5 Å². The molecule has 5 nitrogen and oxygen atoms in total. The molecule has 2 aromatic carbocycles. The molecule has 0 aliphatic carbocycles. The zero-order valence-corrected chi connectivity index (χ0v) is 19.3. The van der Waals surface area contributed by atoms with Crippen LogP contribution in [0.1, 0.15) is 19.8 Å². The van der Waals surface area contributed by atoms with Crippen LogP contribution >= 0.6 is 11.6 Å². The Morgan fingerprint density at radius 1 is 0.879 bits per heavy atom. The number of halogens is 3. The van der Waals surface area contributed by atoms with Crippen molar-refractivity contribution in [3.05, 3.63) is 65.2 Å². The van der Waals surface area contributed by atoms with Gasteiger partial charge in [0, 0.05) is 50.4 Å². The van der Waals surface area contributed by atoms with E-state index in [9.17, 15) is 8.78 Å². The third-order valence-corrected chi connectivity index (χ3v) is 6.71. The molecule has 0 bridgehead atoms. The first-order valence-corrected chi connectivity index (χ1v) is 11.7. The van der Waals surface area contributed by atoms with Crippen LogP contribution in [0.3, 0.4) is 0 Å². The summed E-state index contributed by atoms with van der Waals surface area (Å²) in [5.41, 5.74) is 2.10. The molecule has 0 amide bonds. The van der Waals surface area contributed by atoms with Gasteiger partial charge in [-0.05, 0) is 50.1 Å². The van der Waals surface area contributed by atoms with Gasteiger partial charge in [-0.1, -0.05) is 23.7 Å². The van der Waals surface area contributed by atoms with E-state index < -0.39 is 5.82 Å². The first-order valence-electron chi connectivity index (χ1n) is 11.3. The van der Waals surface area contributed by atoms with Crippen LogP contribution in [-0.2, 0) is 0 Å². The third-order valence-electron chi connectivity index (χ3n) is 6.42. The van der Waals surface area contributed by atoms with Crippen LogP contribution in [-0.4, -0.2) is 48.7 Å². The van der Waals surface area contributed by atoms with Gasteiger partial charge in [-0.3, -0.25) is 0 Å². The summed E-state index contributed by atoms with van der Waals surface area (Å²) in [6.45, 7) is 6.04. The monoisotopic (exact) mass is 469 g/mol. The molecule has 5 rings (SSSR count). The van der Waals surface area contributed by atoms with E-state index in [2.05, 4.69) is 21.6 Å². The summed E-state index contributed by atoms with van der Waals surface area (Å²) in [5.74, 6) is 0.853. The van der Waals surface area contributed by atoms with Crippen LogP contribution in [0.25, 0.3) is 11.3 Å². The fourth-order valence-corrected chi connectivity index (χ4v) is 4.84. The van der Waals surface area contributed by atoms with Crippen molar-refractivity contribution in [2.75, 3.05) is 47.4 Å². The van der Waals surface area contributed by atoms with E-state index in [1.807, 2.05) is 18.2 Å². The fraction of sp³-hybridized carbons (Fsp3) is 0.360. The lowest BCUT2D eigenvalue weighted by Crippen LogP contribution is -2.52. The standard InChI is InChI=1S/C25H26ClF2N5/c1-17-16-32(23-7-3-2-6-21(23)28)12-13-33(17)24-15-22(18-8-9-20(27)19(26)14-18)29-25(30-24)31-10-4-5-11-31/h2-3,6-9,14-15,17H,4-5,10-13,16H2,1H3/t17-/m1/s1. The Morgan fingerprint density at radius 3 is 2.39 bits per heavy atom. The molecule has 0 unspecified atom stereocenters. The largest absolute Gasteiger partial charge is 0.365 e. The minimum atomic E-state index is -0.452. The molecule has 33 heavy (non-hydrogen) atoms. The highest BCUT2D eigenvalue weighted by Crippen LogP contribution is 2.31. The number of benzene rings is 2. The molecule has 3 heterocycles. The van der Waals surface area contributed by atoms with Gasteiger partial charge in [-0.15, -0.1) is 0 Å². The second-order valence-corrected chi connectivity index (χ2v) is 9.08. The molecule has 2 saturated heterocycles. The number of anilines is 3. The van der Waals surface area contributed by atoms with Crippen LogP contribution < -0.4 is 14.7 Å². The molecule has 2 aliphatic heterocycles. The summed E-state index contributed by atoms with van der Waals surface area (Å²) in [6.07, 6.45) is 2.23. The topological polar surface area (TPSA) is 35.5 Å².